The molecule has 0 aromatic carbocycles. The van der Waals surface area contributed by atoms with Crippen LogP contribution in [-0.4, -0.2) is 17.6 Å². The summed E-state index contributed by atoms with van der Waals surface area (Å²) in [6.07, 6.45) is 7.00. The van der Waals surface area contributed by atoms with Gasteiger partial charge in [0.25, 0.3) is 0 Å². The number of alkyl halides is 2. The van der Waals surface area contributed by atoms with Crippen LogP contribution in [0.5, 0.6) is 0 Å². The lowest BCUT2D eigenvalue weighted by Gasteiger charge is -2.60. The van der Waals surface area contributed by atoms with Gasteiger partial charge in [0.1, 0.15) is 11.8 Å². The molecule has 1 nitrogen and oxygen atoms in total. The van der Waals surface area contributed by atoms with E-state index in [1.165, 1.54) is 12.2 Å². The summed E-state index contributed by atoms with van der Waals surface area (Å²) in [5, 5.41) is 0. The maximum absolute atomic E-state index is 16.4. The number of ketones is 1. The molecule has 0 aliphatic heterocycles. The summed E-state index contributed by atoms with van der Waals surface area (Å²) < 4.78 is 31.3. The van der Waals surface area contributed by atoms with Crippen molar-refractivity contribution in [1.29, 1.82) is 0 Å². The molecule has 4 rings (SSSR count). The Morgan fingerprint density at radius 1 is 1.17 bits per heavy atom. The van der Waals surface area contributed by atoms with Crippen LogP contribution in [0.15, 0.2) is 23.8 Å². The molecule has 23 heavy (non-hydrogen) atoms. The fourth-order valence-electron chi connectivity index (χ4n) is 6.49. The highest BCUT2D eigenvalue weighted by molar-refractivity contribution is 6.01. The van der Waals surface area contributed by atoms with Crippen LogP contribution in [0, 0.1) is 28.6 Å². The highest BCUT2D eigenvalue weighted by atomic mass is 19.1. The molecule has 3 fully saturated rings. The second-order valence-electron chi connectivity index (χ2n) is 9.02. The molecule has 0 N–H and O–H groups in total. The van der Waals surface area contributed by atoms with E-state index >= 15 is 4.39 Å². The van der Waals surface area contributed by atoms with Gasteiger partial charge in [0, 0.05) is 11.3 Å². The van der Waals surface area contributed by atoms with Gasteiger partial charge in [-0.05, 0) is 74.0 Å². The SMILES string of the molecule is C[C@@H]1CC2C3C[C@H](F)C4=CC(=O)C=CC4(C)[C@@]3(F)CCC2(C)C1. The van der Waals surface area contributed by atoms with Gasteiger partial charge in [0.15, 0.2) is 5.78 Å². The van der Waals surface area contributed by atoms with Crippen LogP contribution >= 0.6 is 0 Å². The van der Waals surface area contributed by atoms with Gasteiger partial charge < -0.3 is 0 Å². The van der Waals surface area contributed by atoms with E-state index in [1.54, 1.807) is 6.08 Å². The van der Waals surface area contributed by atoms with Gasteiger partial charge in [0.2, 0.25) is 0 Å². The lowest BCUT2D eigenvalue weighted by molar-refractivity contribution is -0.131. The summed E-state index contributed by atoms with van der Waals surface area (Å²) in [6, 6.07) is 0. The molecule has 0 heterocycles. The third-order valence-corrected chi connectivity index (χ3v) is 7.64. The molecule has 4 unspecified atom stereocenters. The molecule has 0 saturated heterocycles. The monoisotopic (exact) mass is 320 g/mol. The van der Waals surface area contributed by atoms with Gasteiger partial charge in [-0.2, -0.15) is 0 Å². The molecule has 0 aromatic rings. The summed E-state index contributed by atoms with van der Waals surface area (Å²) >= 11 is 0. The lowest BCUT2D eigenvalue weighted by Crippen LogP contribution is -2.61. The smallest absolute Gasteiger partial charge is 0.178 e. The molecule has 126 valence electrons. The second kappa shape index (κ2) is 4.55. The van der Waals surface area contributed by atoms with E-state index in [0.29, 0.717) is 17.9 Å². The first-order chi connectivity index (χ1) is 10.7. The molecular weight excluding hydrogens is 294 g/mol. The number of carbonyl (C=O) groups excluding carboxylic acids is 1. The van der Waals surface area contributed by atoms with Crippen molar-refractivity contribution in [3.05, 3.63) is 23.8 Å². The van der Waals surface area contributed by atoms with E-state index in [0.717, 1.165) is 19.3 Å². The number of halogens is 2. The topological polar surface area (TPSA) is 17.1 Å². The Balaban J connectivity index is 1.81. The number of fused-ring (bicyclic) bond motifs is 5. The third kappa shape index (κ3) is 1.85. The van der Waals surface area contributed by atoms with Crippen molar-refractivity contribution in [3.63, 3.8) is 0 Å². The summed E-state index contributed by atoms with van der Waals surface area (Å²) in [4.78, 5) is 11.7. The van der Waals surface area contributed by atoms with Crippen LogP contribution in [0.1, 0.15) is 52.9 Å². The van der Waals surface area contributed by atoms with E-state index < -0.39 is 17.3 Å². The maximum atomic E-state index is 16.4. The molecule has 4 aliphatic carbocycles. The Labute approximate surface area is 137 Å². The number of carbonyl (C=O) groups is 1. The van der Waals surface area contributed by atoms with Crippen LogP contribution in [0.3, 0.4) is 0 Å². The standard InChI is InChI=1S/C20H26F2O/c1-12-8-14-15-10-17(21)16-9-13(23)4-5-19(16,3)20(15,22)7-6-18(14,2)11-12/h4-5,9,12,14-15,17H,6-8,10-11H2,1-3H3/t12-,14?,15?,17+,18?,19?,20-/m1/s1. The Morgan fingerprint density at radius 2 is 1.91 bits per heavy atom. The van der Waals surface area contributed by atoms with E-state index in [2.05, 4.69) is 13.8 Å². The highest BCUT2D eigenvalue weighted by Crippen LogP contribution is 2.68. The van der Waals surface area contributed by atoms with E-state index in [-0.39, 0.29) is 29.5 Å². The van der Waals surface area contributed by atoms with Crippen molar-refractivity contribution in [1.82, 2.24) is 0 Å². The van der Waals surface area contributed by atoms with Gasteiger partial charge in [-0.25, -0.2) is 8.78 Å². The average Bonchev–Trinajstić information content (AvgIpc) is 2.79. The van der Waals surface area contributed by atoms with Gasteiger partial charge in [-0.15, -0.1) is 0 Å². The van der Waals surface area contributed by atoms with Crippen LogP contribution in [0.25, 0.3) is 0 Å². The van der Waals surface area contributed by atoms with Gasteiger partial charge in [0.05, 0.1) is 0 Å². The molecule has 4 aliphatic rings. The summed E-state index contributed by atoms with van der Waals surface area (Å²) in [5.41, 5.74) is -1.85. The number of hydrogen-bond donors (Lipinski definition) is 0. The number of allylic oxidation sites excluding steroid dienone is 4. The summed E-state index contributed by atoms with van der Waals surface area (Å²) in [7, 11) is 0. The summed E-state index contributed by atoms with van der Waals surface area (Å²) in [6.45, 7) is 6.33. The largest absolute Gasteiger partial charge is 0.290 e. The molecule has 0 amide bonds. The highest BCUT2D eigenvalue weighted by Gasteiger charge is 2.67. The van der Waals surface area contributed by atoms with Crippen molar-refractivity contribution < 1.29 is 13.6 Å². The van der Waals surface area contributed by atoms with Crippen LogP contribution in [0.2, 0.25) is 0 Å². The fourth-order valence-corrected chi connectivity index (χ4v) is 6.49. The number of rotatable bonds is 0. The Kier molecular flexibility index (Phi) is 3.07. The quantitative estimate of drug-likeness (QED) is 0.616. The lowest BCUT2D eigenvalue weighted by atomic mass is 9.46. The molecular formula is C20H26F2O. The van der Waals surface area contributed by atoms with Crippen molar-refractivity contribution in [2.24, 2.45) is 28.6 Å². The number of hydrogen-bond acceptors (Lipinski definition) is 1. The van der Waals surface area contributed by atoms with Crippen molar-refractivity contribution in [2.75, 3.05) is 0 Å². The van der Waals surface area contributed by atoms with Gasteiger partial charge >= 0.3 is 0 Å². The molecule has 0 aromatic heterocycles. The van der Waals surface area contributed by atoms with Gasteiger partial charge in [-0.3, -0.25) is 4.79 Å². The fraction of sp³-hybridized carbons (Fsp3) is 0.750. The van der Waals surface area contributed by atoms with E-state index in [9.17, 15) is 9.18 Å². The van der Waals surface area contributed by atoms with Gasteiger partial charge in [-0.1, -0.05) is 19.9 Å². The minimum atomic E-state index is -1.42. The van der Waals surface area contributed by atoms with Crippen molar-refractivity contribution in [2.45, 2.75) is 64.7 Å². The zero-order valence-electron chi connectivity index (χ0n) is 14.2. The molecule has 3 saturated carbocycles. The third-order valence-electron chi connectivity index (χ3n) is 7.64. The second-order valence-corrected chi connectivity index (χ2v) is 9.02. The zero-order valence-corrected chi connectivity index (χ0v) is 14.2. The van der Waals surface area contributed by atoms with Crippen molar-refractivity contribution >= 4 is 5.78 Å². The van der Waals surface area contributed by atoms with E-state index in [1.807, 2.05) is 6.92 Å². The van der Waals surface area contributed by atoms with Crippen LogP contribution in [-0.2, 0) is 4.79 Å². The predicted octanol–water partition coefficient (Wildman–Crippen LogP) is 4.97. The van der Waals surface area contributed by atoms with Crippen molar-refractivity contribution in [3.8, 4) is 0 Å². The Bertz CT molecular complexity index is 623. The van der Waals surface area contributed by atoms with Crippen LogP contribution < -0.4 is 0 Å². The molecule has 3 heteroatoms. The van der Waals surface area contributed by atoms with E-state index in [4.69, 9.17) is 0 Å². The predicted molar refractivity (Wildman–Crippen MR) is 86.4 cm³/mol. The summed E-state index contributed by atoms with van der Waals surface area (Å²) in [5.74, 6) is 0.413. The minimum Gasteiger partial charge on any atom is -0.290 e. The first kappa shape index (κ1) is 15.5. The first-order valence-corrected chi connectivity index (χ1v) is 8.98. The molecule has 0 radical (unpaired) electrons. The first-order valence-electron chi connectivity index (χ1n) is 8.98. The van der Waals surface area contributed by atoms with Crippen LogP contribution in [0.4, 0.5) is 8.78 Å². The normalized spacial score (nSPS) is 55.0. The molecule has 0 spiro atoms. The Hall–Kier alpha value is -0.990. The zero-order chi connectivity index (χ0) is 16.6. The molecule has 0 bridgehead atoms. The average molecular weight is 320 g/mol. The Morgan fingerprint density at radius 3 is 2.65 bits per heavy atom. The molecule has 7 atom stereocenters. The minimum absolute atomic E-state index is 0.158. The maximum Gasteiger partial charge on any atom is 0.178 e.